The second kappa shape index (κ2) is 11.9. The highest BCUT2D eigenvalue weighted by Gasteiger charge is 2.36. The number of nitrogens with zero attached hydrogens (tertiary/aromatic N) is 4. The van der Waals surface area contributed by atoms with Crippen molar-refractivity contribution in [3.63, 3.8) is 0 Å². The minimum atomic E-state index is -0.971. The van der Waals surface area contributed by atoms with Gasteiger partial charge < -0.3 is 14.6 Å². The number of unbranched alkanes of at least 4 members (excludes halogenated alkanes) is 2. The van der Waals surface area contributed by atoms with Gasteiger partial charge in [-0.1, -0.05) is 57.4 Å². The molecular weight excluding hydrogens is 432 g/mol. The summed E-state index contributed by atoms with van der Waals surface area (Å²) in [6, 6.07) is 10.7. The number of hydrogen-bond donors (Lipinski definition) is 1. The van der Waals surface area contributed by atoms with Crippen molar-refractivity contribution < 1.29 is 19.4 Å². The third-order valence-corrected chi connectivity index (χ3v) is 5.92. The summed E-state index contributed by atoms with van der Waals surface area (Å²) in [5.41, 5.74) is 2.40. The molecule has 0 radical (unpaired) electrons. The zero-order chi connectivity index (χ0) is 24.6. The second-order valence-electron chi connectivity index (χ2n) is 8.27. The standard InChI is InChI=1S/C26H34N4O4/c1-5-7-10-16-30-23(28-25(29-30)26(33-3,34-4)15-6-2)17-19-13-14-22(27-18-19)20-11-8-9-12-21(20)24(31)32/h8-9,11-14,18H,5-7,10,15-17H2,1-4H3,(H,31,32). The summed E-state index contributed by atoms with van der Waals surface area (Å²) < 4.78 is 13.4. The van der Waals surface area contributed by atoms with Crippen molar-refractivity contribution in [1.29, 1.82) is 0 Å². The number of benzene rings is 1. The molecular formula is C26H34N4O4. The van der Waals surface area contributed by atoms with Gasteiger partial charge in [0.05, 0.1) is 11.3 Å². The minimum Gasteiger partial charge on any atom is -0.478 e. The van der Waals surface area contributed by atoms with E-state index in [9.17, 15) is 9.90 Å². The number of methoxy groups -OCH3 is 2. The monoisotopic (exact) mass is 466 g/mol. The predicted molar refractivity (Wildman–Crippen MR) is 130 cm³/mol. The maximum Gasteiger partial charge on any atom is 0.336 e. The molecule has 0 saturated heterocycles. The van der Waals surface area contributed by atoms with E-state index >= 15 is 0 Å². The van der Waals surface area contributed by atoms with Gasteiger partial charge in [0, 0.05) is 45.4 Å². The van der Waals surface area contributed by atoms with E-state index in [0.29, 0.717) is 29.9 Å². The van der Waals surface area contributed by atoms with Gasteiger partial charge in [0.15, 0.2) is 0 Å². The van der Waals surface area contributed by atoms with Crippen LogP contribution in [-0.2, 0) is 28.2 Å². The van der Waals surface area contributed by atoms with Crippen LogP contribution in [0, 0.1) is 0 Å². The van der Waals surface area contributed by atoms with Crippen molar-refractivity contribution in [2.24, 2.45) is 0 Å². The van der Waals surface area contributed by atoms with Crippen LogP contribution < -0.4 is 0 Å². The maximum atomic E-state index is 11.6. The molecule has 3 rings (SSSR count). The van der Waals surface area contributed by atoms with Crippen molar-refractivity contribution in [1.82, 2.24) is 19.7 Å². The number of aryl methyl sites for hydroxylation is 1. The van der Waals surface area contributed by atoms with Gasteiger partial charge in [-0.25, -0.2) is 14.5 Å². The number of hydrogen-bond acceptors (Lipinski definition) is 6. The van der Waals surface area contributed by atoms with E-state index in [1.807, 2.05) is 22.9 Å². The van der Waals surface area contributed by atoms with E-state index in [-0.39, 0.29) is 5.56 Å². The normalized spacial score (nSPS) is 11.6. The number of aromatic carboxylic acids is 1. The average Bonchev–Trinajstić information content (AvgIpc) is 3.26. The fourth-order valence-corrected chi connectivity index (χ4v) is 4.03. The maximum absolute atomic E-state index is 11.6. The number of aromatic nitrogens is 4. The molecule has 0 fully saturated rings. The Morgan fingerprint density at radius 1 is 1.06 bits per heavy atom. The highest BCUT2D eigenvalue weighted by Crippen LogP contribution is 2.29. The molecule has 34 heavy (non-hydrogen) atoms. The molecule has 1 aromatic carbocycles. The molecule has 0 amide bonds. The Morgan fingerprint density at radius 2 is 1.82 bits per heavy atom. The fraction of sp³-hybridized carbons (Fsp3) is 0.462. The Kier molecular flexibility index (Phi) is 8.90. The first-order chi connectivity index (χ1) is 16.5. The topological polar surface area (TPSA) is 99.4 Å². The van der Waals surface area contributed by atoms with Crippen LogP contribution in [0.4, 0.5) is 0 Å². The van der Waals surface area contributed by atoms with Gasteiger partial charge >= 0.3 is 5.97 Å². The molecule has 0 bridgehead atoms. The van der Waals surface area contributed by atoms with E-state index < -0.39 is 11.8 Å². The summed E-state index contributed by atoms with van der Waals surface area (Å²) in [5, 5.41) is 14.3. The molecule has 0 unspecified atom stereocenters. The first-order valence-corrected chi connectivity index (χ1v) is 11.8. The lowest BCUT2D eigenvalue weighted by molar-refractivity contribution is -0.225. The zero-order valence-corrected chi connectivity index (χ0v) is 20.5. The zero-order valence-electron chi connectivity index (χ0n) is 20.5. The number of ether oxygens (including phenoxy) is 2. The Balaban J connectivity index is 1.90. The number of rotatable bonds is 13. The van der Waals surface area contributed by atoms with Crippen molar-refractivity contribution in [3.05, 3.63) is 65.4 Å². The van der Waals surface area contributed by atoms with Crippen LogP contribution in [0.5, 0.6) is 0 Å². The van der Waals surface area contributed by atoms with E-state index in [1.54, 1.807) is 38.6 Å². The van der Waals surface area contributed by atoms with E-state index in [4.69, 9.17) is 19.6 Å². The van der Waals surface area contributed by atoms with Crippen molar-refractivity contribution in [3.8, 4) is 11.3 Å². The molecule has 1 N–H and O–H groups in total. The third-order valence-electron chi connectivity index (χ3n) is 5.92. The molecule has 0 aliphatic rings. The highest BCUT2D eigenvalue weighted by atomic mass is 16.7. The second-order valence-corrected chi connectivity index (χ2v) is 8.27. The molecule has 0 spiro atoms. The van der Waals surface area contributed by atoms with Crippen LogP contribution in [0.2, 0.25) is 0 Å². The summed E-state index contributed by atoms with van der Waals surface area (Å²) in [5.74, 6) is -0.588. The largest absolute Gasteiger partial charge is 0.478 e. The van der Waals surface area contributed by atoms with E-state index in [1.165, 1.54) is 0 Å². The van der Waals surface area contributed by atoms with Crippen LogP contribution >= 0.6 is 0 Å². The first kappa shape index (κ1) is 25.5. The third kappa shape index (κ3) is 5.69. The van der Waals surface area contributed by atoms with E-state index in [0.717, 1.165) is 43.6 Å². The summed E-state index contributed by atoms with van der Waals surface area (Å²) in [7, 11) is 3.24. The quantitative estimate of drug-likeness (QED) is 0.277. The van der Waals surface area contributed by atoms with Crippen LogP contribution in [0.3, 0.4) is 0 Å². The summed E-state index contributed by atoms with van der Waals surface area (Å²) in [4.78, 5) is 20.9. The van der Waals surface area contributed by atoms with Crippen LogP contribution in [-0.4, -0.2) is 45.0 Å². The molecule has 2 aromatic heterocycles. The Labute approximate surface area is 201 Å². The molecule has 182 valence electrons. The van der Waals surface area contributed by atoms with Gasteiger partial charge in [-0.2, -0.15) is 5.10 Å². The lowest BCUT2D eigenvalue weighted by Crippen LogP contribution is -2.32. The van der Waals surface area contributed by atoms with Crippen molar-refractivity contribution in [2.45, 2.75) is 64.7 Å². The lowest BCUT2D eigenvalue weighted by atomic mass is 10.0. The smallest absolute Gasteiger partial charge is 0.336 e. The Morgan fingerprint density at radius 3 is 2.44 bits per heavy atom. The molecule has 0 aliphatic heterocycles. The number of carbonyl (C=O) groups is 1. The van der Waals surface area contributed by atoms with Crippen LogP contribution in [0.15, 0.2) is 42.6 Å². The van der Waals surface area contributed by atoms with Gasteiger partial charge in [0.25, 0.3) is 0 Å². The van der Waals surface area contributed by atoms with Gasteiger partial charge in [0.2, 0.25) is 11.6 Å². The molecule has 0 atom stereocenters. The van der Waals surface area contributed by atoms with Crippen LogP contribution in [0.1, 0.15) is 73.5 Å². The molecule has 3 aromatic rings. The fourth-order valence-electron chi connectivity index (χ4n) is 4.03. The minimum absolute atomic E-state index is 0.231. The average molecular weight is 467 g/mol. The number of carboxylic acid groups (broad SMARTS) is 1. The molecule has 0 aliphatic carbocycles. The number of pyridine rings is 1. The lowest BCUT2D eigenvalue weighted by Gasteiger charge is -2.27. The van der Waals surface area contributed by atoms with Gasteiger partial charge in [0.1, 0.15) is 5.82 Å². The summed E-state index contributed by atoms with van der Waals surface area (Å²) in [6.45, 7) is 5.01. The summed E-state index contributed by atoms with van der Waals surface area (Å²) >= 11 is 0. The number of carboxylic acids is 1. The predicted octanol–water partition coefficient (Wildman–Crippen LogP) is 5.07. The molecule has 2 heterocycles. The van der Waals surface area contributed by atoms with Crippen molar-refractivity contribution >= 4 is 5.97 Å². The van der Waals surface area contributed by atoms with Crippen molar-refractivity contribution in [2.75, 3.05) is 14.2 Å². The van der Waals surface area contributed by atoms with Gasteiger partial charge in [-0.3, -0.25) is 4.98 Å². The summed E-state index contributed by atoms with van der Waals surface area (Å²) in [6.07, 6.45) is 7.07. The van der Waals surface area contributed by atoms with Gasteiger partial charge in [-0.05, 0) is 24.1 Å². The molecule has 8 heteroatoms. The highest BCUT2D eigenvalue weighted by molar-refractivity contribution is 5.95. The Hall–Kier alpha value is -3.10. The Bertz CT molecular complexity index is 1070. The van der Waals surface area contributed by atoms with E-state index in [2.05, 4.69) is 18.8 Å². The van der Waals surface area contributed by atoms with Gasteiger partial charge in [-0.15, -0.1) is 0 Å². The van der Waals surface area contributed by atoms with Crippen LogP contribution in [0.25, 0.3) is 11.3 Å². The molecule has 8 nitrogen and oxygen atoms in total. The first-order valence-electron chi connectivity index (χ1n) is 11.8. The molecule has 0 saturated carbocycles. The SMILES string of the molecule is CCCCCn1nc(C(CCC)(OC)OC)nc1Cc1ccc(-c2ccccc2C(=O)O)nc1.